The van der Waals surface area contributed by atoms with E-state index in [1.54, 1.807) is 17.7 Å². The van der Waals surface area contributed by atoms with Crippen molar-refractivity contribution in [2.75, 3.05) is 5.32 Å². The number of hydrogen-bond acceptors (Lipinski definition) is 4. The van der Waals surface area contributed by atoms with Crippen LogP contribution in [0.1, 0.15) is 15.9 Å². The Hall–Kier alpha value is -3.35. The average molecular weight is 325 g/mol. The van der Waals surface area contributed by atoms with Crippen molar-refractivity contribution in [3.63, 3.8) is 0 Å². The number of nitrogens with one attached hydrogen (secondary N) is 1. The Bertz CT molecular complexity index is 903. The molecular formula is C17H15N3O4. The fourth-order valence-corrected chi connectivity index (χ4v) is 2.29. The maximum absolute atomic E-state index is 11.9. The van der Waals surface area contributed by atoms with Crippen molar-refractivity contribution in [2.24, 2.45) is 7.05 Å². The van der Waals surface area contributed by atoms with Gasteiger partial charge in [0.15, 0.2) is 0 Å². The Kier molecular flexibility index (Phi) is 4.15. The summed E-state index contributed by atoms with van der Waals surface area (Å²) >= 11 is 0. The van der Waals surface area contributed by atoms with Gasteiger partial charge in [-0.15, -0.1) is 0 Å². The van der Waals surface area contributed by atoms with Gasteiger partial charge in [-0.25, -0.2) is 14.6 Å². The summed E-state index contributed by atoms with van der Waals surface area (Å²) in [4.78, 5) is 27.2. The molecule has 0 unspecified atom stereocenters. The molecule has 7 heteroatoms. The Morgan fingerprint density at radius 3 is 2.67 bits per heavy atom. The molecular weight excluding hydrogens is 310 g/mol. The summed E-state index contributed by atoms with van der Waals surface area (Å²) < 4.78 is 6.75. The second-order valence-electron chi connectivity index (χ2n) is 5.19. The number of hydrogen-bond donors (Lipinski definition) is 2. The van der Waals surface area contributed by atoms with Crippen molar-refractivity contribution in [1.82, 2.24) is 9.55 Å². The van der Waals surface area contributed by atoms with E-state index in [0.717, 1.165) is 5.56 Å². The van der Waals surface area contributed by atoms with Crippen LogP contribution in [0.4, 0.5) is 10.7 Å². The first-order chi connectivity index (χ1) is 11.5. The molecule has 0 bridgehead atoms. The summed E-state index contributed by atoms with van der Waals surface area (Å²) in [5, 5.41) is 11.6. The average Bonchev–Trinajstić information content (AvgIpc) is 2.89. The number of carboxylic acids is 1. The number of carbonyl (C=O) groups is 2. The third-order valence-electron chi connectivity index (χ3n) is 3.55. The molecule has 2 aromatic carbocycles. The highest BCUT2D eigenvalue weighted by Crippen LogP contribution is 2.20. The number of aromatic nitrogens is 2. The standard InChI is InChI=1S/C17H15N3O4/c1-20-14-9-12(15(21)22)7-8-13(14)18-16(20)19-17(23)24-10-11-5-3-2-4-6-11/h2-9H,10H2,1H3,(H,21,22)(H,18,19,23). The van der Waals surface area contributed by atoms with Crippen LogP contribution in [-0.4, -0.2) is 26.7 Å². The van der Waals surface area contributed by atoms with E-state index < -0.39 is 12.1 Å². The molecule has 0 aliphatic rings. The molecule has 0 radical (unpaired) electrons. The van der Waals surface area contributed by atoms with E-state index in [1.165, 1.54) is 12.1 Å². The van der Waals surface area contributed by atoms with Crippen molar-refractivity contribution >= 4 is 29.0 Å². The zero-order valence-electron chi connectivity index (χ0n) is 12.9. The minimum absolute atomic E-state index is 0.153. The molecule has 0 spiro atoms. The Labute approximate surface area is 137 Å². The van der Waals surface area contributed by atoms with E-state index in [-0.39, 0.29) is 18.1 Å². The van der Waals surface area contributed by atoms with Crippen molar-refractivity contribution in [3.8, 4) is 0 Å². The number of fused-ring (bicyclic) bond motifs is 1. The number of carbonyl (C=O) groups excluding carboxylic acids is 1. The smallest absolute Gasteiger partial charge is 0.414 e. The van der Waals surface area contributed by atoms with Crippen LogP contribution in [0.2, 0.25) is 0 Å². The number of aromatic carboxylic acids is 1. The second kappa shape index (κ2) is 6.41. The van der Waals surface area contributed by atoms with E-state index in [1.807, 2.05) is 30.3 Å². The number of nitrogens with zero attached hydrogens (tertiary/aromatic N) is 2. The van der Waals surface area contributed by atoms with Crippen molar-refractivity contribution in [2.45, 2.75) is 6.61 Å². The highest BCUT2D eigenvalue weighted by atomic mass is 16.5. The lowest BCUT2D eigenvalue weighted by atomic mass is 10.2. The van der Waals surface area contributed by atoms with Gasteiger partial charge in [-0.1, -0.05) is 30.3 Å². The van der Waals surface area contributed by atoms with Gasteiger partial charge in [-0.2, -0.15) is 0 Å². The van der Waals surface area contributed by atoms with E-state index in [4.69, 9.17) is 9.84 Å². The first-order valence-corrected chi connectivity index (χ1v) is 7.22. The molecule has 24 heavy (non-hydrogen) atoms. The van der Waals surface area contributed by atoms with Gasteiger partial charge in [0.1, 0.15) is 6.61 Å². The van der Waals surface area contributed by atoms with Crippen LogP contribution in [-0.2, 0) is 18.4 Å². The molecule has 122 valence electrons. The van der Waals surface area contributed by atoms with E-state index in [9.17, 15) is 9.59 Å². The first kappa shape index (κ1) is 15.5. The monoisotopic (exact) mass is 325 g/mol. The van der Waals surface area contributed by atoms with Gasteiger partial charge in [0.05, 0.1) is 16.6 Å². The predicted octanol–water partition coefficient (Wildman–Crippen LogP) is 3.02. The fourth-order valence-electron chi connectivity index (χ4n) is 2.29. The van der Waals surface area contributed by atoms with Crippen molar-refractivity contribution in [1.29, 1.82) is 0 Å². The fraction of sp³-hybridized carbons (Fsp3) is 0.118. The Morgan fingerprint density at radius 1 is 1.21 bits per heavy atom. The number of imidazole rings is 1. The number of rotatable bonds is 4. The highest BCUT2D eigenvalue weighted by molar-refractivity contribution is 5.94. The summed E-state index contributed by atoms with van der Waals surface area (Å²) in [7, 11) is 1.69. The predicted molar refractivity (Wildman–Crippen MR) is 87.9 cm³/mol. The zero-order chi connectivity index (χ0) is 17.1. The summed E-state index contributed by atoms with van der Waals surface area (Å²) in [6.07, 6.45) is -0.629. The van der Waals surface area contributed by atoms with E-state index in [2.05, 4.69) is 10.3 Å². The lowest BCUT2D eigenvalue weighted by Gasteiger charge is -2.07. The number of aryl methyl sites for hydroxylation is 1. The largest absolute Gasteiger partial charge is 0.478 e. The second-order valence-corrected chi connectivity index (χ2v) is 5.19. The molecule has 0 saturated carbocycles. The topological polar surface area (TPSA) is 93.5 Å². The van der Waals surface area contributed by atoms with Crippen LogP contribution in [0.5, 0.6) is 0 Å². The molecule has 2 N–H and O–H groups in total. The van der Waals surface area contributed by atoms with Gasteiger partial charge in [0.2, 0.25) is 5.95 Å². The molecule has 1 aromatic heterocycles. The Balaban J connectivity index is 1.73. The van der Waals surface area contributed by atoms with Crippen LogP contribution in [0.3, 0.4) is 0 Å². The summed E-state index contributed by atoms with van der Waals surface area (Å²) in [5.41, 5.74) is 2.22. The third-order valence-corrected chi connectivity index (χ3v) is 3.55. The zero-order valence-corrected chi connectivity index (χ0v) is 12.9. The van der Waals surface area contributed by atoms with E-state index in [0.29, 0.717) is 11.0 Å². The maximum atomic E-state index is 11.9. The number of benzene rings is 2. The maximum Gasteiger partial charge on any atom is 0.414 e. The molecule has 1 amide bonds. The summed E-state index contributed by atoms with van der Waals surface area (Å²) in [6.45, 7) is 0.153. The molecule has 7 nitrogen and oxygen atoms in total. The molecule has 0 aliphatic heterocycles. The lowest BCUT2D eigenvalue weighted by molar-refractivity contribution is 0.0697. The van der Waals surface area contributed by atoms with Gasteiger partial charge >= 0.3 is 12.1 Å². The van der Waals surface area contributed by atoms with Crippen LogP contribution in [0.15, 0.2) is 48.5 Å². The third kappa shape index (κ3) is 3.19. The lowest BCUT2D eigenvalue weighted by Crippen LogP contribution is -2.16. The molecule has 1 heterocycles. The highest BCUT2D eigenvalue weighted by Gasteiger charge is 2.13. The van der Waals surface area contributed by atoms with Crippen LogP contribution in [0.25, 0.3) is 11.0 Å². The van der Waals surface area contributed by atoms with Gasteiger partial charge in [0.25, 0.3) is 0 Å². The molecule has 0 atom stereocenters. The quantitative estimate of drug-likeness (QED) is 0.769. The van der Waals surface area contributed by atoms with Gasteiger partial charge < -0.3 is 14.4 Å². The minimum atomic E-state index is -1.02. The van der Waals surface area contributed by atoms with Gasteiger partial charge in [-0.3, -0.25) is 5.32 Å². The number of carboxylic acid groups (broad SMARTS) is 1. The van der Waals surface area contributed by atoms with Gasteiger partial charge in [0, 0.05) is 7.05 Å². The normalized spacial score (nSPS) is 10.5. The molecule has 0 aliphatic carbocycles. The van der Waals surface area contributed by atoms with Gasteiger partial charge in [-0.05, 0) is 23.8 Å². The van der Waals surface area contributed by atoms with E-state index >= 15 is 0 Å². The Morgan fingerprint density at radius 2 is 1.96 bits per heavy atom. The SMILES string of the molecule is Cn1c(NC(=O)OCc2ccccc2)nc2ccc(C(=O)O)cc21. The molecule has 3 aromatic rings. The number of anilines is 1. The molecule has 0 fully saturated rings. The summed E-state index contributed by atoms with van der Waals surface area (Å²) in [6, 6.07) is 13.9. The van der Waals surface area contributed by atoms with Crippen LogP contribution >= 0.6 is 0 Å². The molecule has 0 saturated heterocycles. The number of amides is 1. The minimum Gasteiger partial charge on any atom is -0.478 e. The number of ether oxygens (including phenoxy) is 1. The first-order valence-electron chi connectivity index (χ1n) is 7.22. The van der Waals surface area contributed by atoms with Crippen LogP contribution < -0.4 is 5.32 Å². The van der Waals surface area contributed by atoms with Crippen molar-refractivity contribution in [3.05, 3.63) is 59.7 Å². The summed E-state index contributed by atoms with van der Waals surface area (Å²) in [5.74, 6) is -0.736. The molecule has 3 rings (SSSR count). The van der Waals surface area contributed by atoms with Crippen LogP contribution in [0, 0.1) is 0 Å². The van der Waals surface area contributed by atoms with Crippen molar-refractivity contribution < 1.29 is 19.4 Å².